The Morgan fingerprint density at radius 3 is 2.88 bits per heavy atom. The fraction of sp³-hybridized carbons (Fsp3) is 0.833. The number of nitrogens with zero attached hydrogens (tertiary/aromatic N) is 1. The maximum atomic E-state index is 12.2. The van der Waals surface area contributed by atoms with Gasteiger partial charge in [0.15, 0.2) is 5.41 Å². The highest BCUT2D eigenvalue weighted by molar-refractivity contribution is 6.07. The van der Waals surface area contributed by atoms with Gasteiger partial charge in [0, 0.05) is 0 Å². The number of ether oxygens (including phenoxy) is 3. The van der Waals surface area contributed by atoms with Gasteiger partial charge in [0.2, 0.25) is 5.90 Å². The first-order valence-electron chi connectivity index (χ1n) is 6.13. The first kappa shape index (κ1) is 8.91. The highest BCUT2D eigenvalue weighted by atomic mass is 16.6. The summed E-state index contributed by atoms with van der Waals surface area (Å²) in [6.45, 7) is 0. The van der Waals surface area contributed by atoms with E-state index in [2.05, 4.69) is 4.99 Å². The molecular weight excluding hydrogens is 222 g/mol. The van der Waals surface area contributed by atoms with Crippen LogP contribution in [0.2, 0.25) is 0 Å². The van der Waals surface area contributed by atoms with Crippen molar-refractivity contribution in [3.63, 3.8) is 0 Å². The lowest BCUT2D eigenvalue weighted by molar-refractivity contribution is -0.239. The van der Waals surface area contributed by atoms with E-state index >= 15 is 0 Å². The molecule has 0 amide bonds. The van der Waals surface area contributed by atoms with Crippen LogP contribution >= 0.6 is 0 Å². The summed E-state index contributed by atoms with van der Waals surface area (Å²) in [7, 11) is 3.02. The quantitative estimate of drug-likeness (QED) is 0.593. The van der Waals surface area contributed by atoms with E-state index in [1.54, 1.807) is 7.11 Å². The molecule has 5 rings (SSSR count). The third kappa shape index (κ3) is 0.554. The second-order valence-electron chi connectivity index (χ2n) is 5.77. The van der Waals surface area contributed by atoms with Crippen LogP contribution in [-0.4, -0.2) is 44.3 Å². The minimum absolute atomic E-state index is 0.0441. The van der Waals surface area contributed by atoms with E-state index in [-0.39, 0.29) is 24.2 Å². The predicted octanol–water partition coefficient (Wildman–Crippen LogP) is -0.154. The summed E-state index contributed by atoms with van der Waals surface area (Å²) >= 11 is 0. The van der Waals surface area contributed by atoms with Crippen LogP contribution in [0.15, 0.2) is 4.99 Å². The van der Waals surface area contributed by atoms with Crippen LogP contribution in [-0.2, 0) is 19.0 Å². The molecule has 3 aliphatic carbocycles. The Bertz CT molecular complexity index is 481. The molecule has 4 fully saturated rings. The zero-order valence-corrected chi connectivity index (χ0v) is 9.62. The number of carbonyl (C=O) groups is 1. The maximum Gasteiger partial charge on any atom is 0.324 e. The molecule has 0 radical (unpaired) electrons. The summed E-state index contributed by atoms with van der Waals surface area (Å²) in [6.07, 6.45) is 0.197. The van der Waals surface area contributed by atoms with Crippen molar-refractivity contribution in [2.45, 2.75) is 18.2 Å². The van der Waals surface area contributed by atoms with Gasteiger partial charge in [-0.1, -0.05) is 0 Å². The zero-order chi connectivity index (χ0) is 11.5. The molecule has 90 valence electrons. The highest BCUT2D eigenvalue weighted by Crippen LogP contribution is 2.82. The van der Waals surface area contributed by atoms with Crippen molar-refractivity contribution in [3.8, 4) is 0 Å². The lowest BCUT2D eigenvalue weighted by Gasteiger charge is -2.73. The van der Waals surface area contributed by atoms with E-state index in [9.17, 15) is 4.79 Å². The standard InChI is InChI=1S/C12H13NO4/c1-15-10-12(11(14)16-2)6-4-3-5(6)9(12)17-8(3)7(4)13-10/h3-9H,1-2H3. The Morgan fingerprint density at radius 2 is 2.18 bits per heavy atom. The van der Waals surface area contributed by atoms with Crippen molar-refractivity contribution in [2.75, 3.05) is 14.2 Å². The van der Waals surface area contributed by atoms with Gasteiger partial charge in [-0.2, -0.15) is 0 Å². The Labute approximate surface area is 98.1 Å². The van der Waals surface area contributed by atoms with Crippen LogP contribution in [0.1, 0.15) is 0 Å². The second-order valence-corrected chi connectivity index (χ2v) is 5.77. The lowest BCUT2D eigenvalue weighted by atomic mass is 9.29. The van der Waals surface area contributed by atoms with E-state index in [4.69, 9.17) is 14.2 Å². The Hall–Kier alpha value is -1.10. The lowest BCUT2D eigenvalue weighted by Crippen LogP contribution is -2.83. The number of esters is 1. The van der Waals surface area contributed by atoms with Crippen LogP contribution in [0.5, 0.6) is 0 Å². The molecule has 5 heteroatoms. The van der Waals surface area contributed by atoms with Gasteiger partial charge in [0.25, 0.3) is 0 Å². The van der Waals surface area contributed by atoms with Gasteiger partial charge >= 0.3 is 5.97 Å². The van der Waals surface area contributed by atoms with Crippen molar-refractivity contribution in [2.24, 2.45) is 34.1 Å². The molecule has 1 saturated heterocycles. The number of rotatable bonds is 1. The largest absolute Gasteiger partial charge is 0.483 e. The summed E-state index contributed by atoms with van der Waals surface area (Å²) in [5.74, 6) is 2.45. The summed E-state index contributed by atoms with van der Waals surface area (Å²) in [5.41, 5.74) is -0.711. The molecule has 5 nitrogen and oxygen atoms in total. The Morgan fingerprint density at radius 1 is 1.35 bits per heavy atom. The molecule has 0 aromatic rings. The molecular formula is C12H13NO4. The molecule has 0 aromatic heterocycles. The fourth-order valence-electron chi connectivity index (χ4n) is 5.33. The van der Waals surface area contributed by atoms with Gasteiger partial charge in [-0.3, -0.25) is 4.79 Å². The monoisotopic (exact) mass is 235 g/mol. The maximum absolute atomic E-state index is 12.2. The number of hydrogen-bond donors (Lipinski definition) is 0. The first-order chi connectivity index (χ1) is 8.26. The molecule has 0 N–H and O–H groups in total. The first-order valence-corrected chi connectivity index (χ1v) is 6.13. The molecule has 0 bridgehead atoms. The van der Waals surface area contributed by atoms with Gasteiger partial charge in [-0.15, -0.1) is 0 Å². The van der Waals surface area contributed by atoms with E-state index < -0.39 is 5.41 Å². The van der Waals surface area contributed by atoms with Gasteiger partial charge < -0.3 is 14.2 Å². The van der Waals surface area contributed by atoms with Crippen molar-refractivity contribution in [1.82, 2.24) is 0 Å². The molecule has 2 heterocycles. The minimum Gasteiger partial charge on any atom is -0.483 e. The molecule has 3 saturated carbocycles. The van der Waals surface area contributed by atoms with Crippen LogP contribution in [0.3, 0.4) is 0 Å². The van der Waals surface area contributed by atoms with Crippen LogP contribution in [0.25, 0.3) is 0 Å². The summed E-state index contributed by atoms with van der Waals surface area (Å²) in [6, 6.07) is 0.237. The molecule has 5 aliphatic rings. The number of methoxy groups -OCH3 is 2. The van der Waals surface area contributed by atoms with Crippen molar-refractivity contribution in [1.29, 1.82) is 0 Å². The van der Waals surface area contributed by atoms with E-state index in [1.807, 2.05) is 0 Å². The van der Waals surface area contributed by atoms with Crippen LogP contribution < -0.4 is 0 Å². The van der Waals surface area contributed by atoms with Crippen molar-refractivity contribution in [3.05, 3.63) is 0 Å². The van der Waals surface area contributed by atoms with Gasteiger partial charge in [-0.25, -0.2) is 4.99 Å². The number of aliphatic imine (C=N–C) groups is 1. The highest BCUT2D eigenvalue weighted by Gasteiger charge is 2.92. The van der Waals surface area contributed by atoms with Gasteiger partial charge in [0.05, 0.1) is 32.5 Å². The van der Waals surface area contributed by atoms with Gasteiger partial charge in [-0.05, 0) is 23.7 Å². The molecule has 0 spiro atoms. The second kappa shape index (κ2) is 2.23. The van der Waals surface area contributed by atoms with Gasteiger partial charge in [0.1, 0.15) is 0 Å². The number of hydrogen-bond acceptors (Lipinski definition) is 5. The summed E-state index contributed by atoms with van der Waals surface area (Å²) in [4.78, 5) is 16.8. The minimum atomic E-state index is -0.711. The zero-order valence-electron chi connectivity index (χ0n) is 9.62. The molecule has 17 heavy (non-hydrogen) atoms. The summed E-state index contributed by atoms with van der Waals surface area (Å²) < 4.78 is 16.4. The van der Waals surface area contributed by atoms with Crippen molar-refractivity contribution >= 4 is 11.9 Å². The number of fused-ring (bicyclic) bond motifs is 2. The SMILES string of the molecule is COC(=O)C12C(OC)=NC3C4OC1C1C4C3C12. The molecule has 2 aliphatic heterocycles. The third-order valence-electron chi connectivity index (χ3n) is 5.79. The molecule has 0 aromatic carbocycles. The molecule has 8 atom stereocenters. The van der Waals surface area contributed by atoms with E-state index in [0.29, 0.717) is 29.6 Å². The predicted molar refractivity (Wildman–Crippen MR) is 55.3 cm³/mol. The number of carbonyl (C=O) groups excluding carboxylic acids is 1. The van der Waals surface area contributed by atoms with E-state index in [0.717, 1.165) is 0 Å². The fourth-order valence-corrected chi connectivity index (χ4v) is 5.33. The normalized spacial score (nSPS) is 62.7. The van der Waals surface area contributed by atoms with Crippen LogP contribution in [0, 0.1) is 29.1 Å². The average molecular weight is 235 g/mol. The van der Waals surface area contributed by atoms with Crippen molar-refractivity contribution < 1.29 is 19.0 Å². The average Bonchev–Trinajstić information content (AvgIpc) is 2.50. The van der Waals surface area contributed by atoms with E-state index in [1.165, 1.54) is 7.11 Å². The van der Waals surface area contributed by atoms with Crippen LogP contribution in [0.4, 0.5) is 0 Å². The molecule has 8 unspecified atom stereocenters. The third-order valence-corrected chi connectivity index (χ3v) is 5.79. The smallest absolute Gasteiger partial charge is 0.324 e. The topological polar surface area (TPSA) is 57.1 Å². The Kier molecular flexibility index (Phi) is 1.17. The summed E-state index contributed by atoms with van der Waals surface area (Å²) in [5, 5.41) is 0. The Balaban J connectivity index is 1.74.